The highest BCUT2D eigenvalue weighted by atomic mass is 35.5. The van der Waals surface area contributed by atoms with Gasteiger partial charge in [-0.2, -0.15) is 5.26 Å². The SMILES string of the molecule is Cl.Cn1c(=O)c2c(c(C#N)c(N3CCNCC3)n2Cc2ccccc2)n(C)c1=O. The van der Waals surface area contributed by atoms with Crippen molar-refractivity contribution in [2.24, 2.45) is 14.1 Å². The lowest BCUT2D eigenvalue weighted by Gasteiger charge is -2.30. The monoisotopic (exact) mass is 414 g/mol. The van der Waals surface area contributed by atoms with E-state index in [1.165, 1.54) is 11.6 Å². The van der Waals surface area contributed by atoms with Crippen molar-refractivity contribution in [1.82, 2.24) is 19.0 Å². The Morgan fingerprint density at radius 2 is 1.69 bits per heavy atom. The molecular weight excluding hydrogens is 392 g/mol. The lowest BCUT2D eigenvalue weighted by atomic mass is 10.2. The third kappa shape index (κ3) is 3.33. The predicted molar refractivity (Wildman–Crippen MR) is 115 cm³/mol. The maximum atomic E-state index is 13.1. The van der Waals surface area contributed by atoms with Gasteiger partial charge < -0.3 is 14.8 Å². The highest BCUT2D eigenvalue weighted by molar-refractivity contribution is 5.90. The minimum Gasteiger partial charge on any atom is -0.354 e. The van der Waals surface area contributed by atoms with Crippen LogP contribution in [0.15, 0.2) is 39.9 Å². The van der Waals surface area contributed by atoms with E-state index in [0.29, 0.717) is 29.0 Å². The highest BCUT2D eigenvalue weighted by Gasteiger charge is 2.28. The summed E-state index contributed by atoms with van der Waals surface area (Å²) in [5.74, 6) is 0.709. The number of hydrogen-bond donors (Lipinski definition) is 1. The molecule has 3 aromatic rings. The number of piperazine rings is 1. The van der Waals surface area contributed by atoms with Gasteiger partial charge in [0, 0.05) is 46.8 Å². The average Bonchev–Trinajstić information content (AvgIpc) is 3.06. The van der Waals surface area contributed by atoms with Crippen LogP contribution in [0.2, 0.25) is 0 Å². The number of benzene rings is 1. The molecule has 29 heavy (non-hydrogen) atoms. The van der Waals surface area contributed by atoms with Crippen molar-refractivity contribution in [1.29, 1.82) is 5.26 Å². The van der Waals surface area contributed by atoms with E-state index in [2.05, 4.69) is 16.3 Å². The van der Waals surface area contributed by atoms with Gasteiger partial charge in [-0.3, -0.25) is 13.9 Å². The Morgan fingerprint density at radius 3 is 2.31 bits per heavy atom. The van der Waals surface area contributed by atoms with Crippen LogP contribution in [0.1, 0.15) is 11.1 Å². The van der Waals surface area contributed by atoms with Crippen molar-refractivity contribution in [3.63, 3.8) is 0 Å². The van der Waals surface area contributed by atoms with E-state index in [1.54, 1.807) is 7.05 Å². The number of nitriles is 1. The van der Waals surface area contributed by atoms with Gasteiger partial charge in [0.1, 0.15) is 23.0 Å². The van der Waals surface area contributed by atoms with E-state index in [1.807, 2.05) is 34.9 Å². The minimum absolute atomic E-state index is 0. The third-order valence-corrected chi connectivity index (χ3v) is 5.34. The van der Waals surface area contributed by atoms with Crippen molar-refractivity contribution in [3.05, 3.63) is 62.3 Å². The Bertz CT molecular complexity index is 1200. The van der Waals surface area contributed by atoms with Gasteiger partial charge in [-0.05, 0) is 5.56 Å². The average molecular weight is 415 g/mol. The Hall–Kier alpha value is -3.02. The first-order chi connectivity index (χ1) is 13.5. The van der Waals surface area contributed by atoms with E-state index in [4.69, 9.17) is 0 Å². The zero-order valence-electron chi connectivity index (χ0n) is 16.4. The lowest BCUT2D eigenvalue weighted by Crippen LogP contribution is -2.44. The van der Waals surface area contributed by atoms with Crippen LogP contribution in [0.5, 0.6) is 0 Å². The van der Waals surface area contributed by atoms with Gasteiger partial charge in [-0.15, -0.1) is 12.4 Å². The van der Waals surface area contributed by atoms with Crippen molar-refractivity contribution in [2.75, 3.05) is 31.1 Å². The number of aryl methyl sites for hydroxylation is 1. The van der Waals surface area contributed by atoms with Gasteiger partial charge in [0.25, 0.3) is 5.56 Å². The fourth-order valence-electron chi connectivity index (χ4n) is 3.93. The summed E-state index contributed by atoms with van der Waals surface area (Å²) in [6.45, 7) is 3.51. The maximum absolute atomic E-state index is 13.1. The molecule has 0 atom stereocenters. The van der Waals surface area contributed by atoms with E-state index >= 15 is 0 Å². The summed E-state index contributed by atoms with van der Waals surface area (Å²) < 4.78 is 4.41. The topological polar surface area (TPSA) is 88.0 Å². The molecule has 0 radical (unpaired) electrons. The zero-order chi connectivity index (χ0) is 19.8. The molecule has 1 saturated heterocycles. The molecule has 0 bridgehead atoms. The quantitative estimate of drug-likeness (QED) is 0.684. The molecule has 1 fully saturated rings. The third-order valence-electron chi connectivity index (χ3n) is 5.34. The van der Waals surface area contributed by atoms with E-state index < -0.39 is 5.69 Å². The number of halogens is 1. The molecule has 1 aromatic carbocycles. The smallest absolute Gasteiger partial charge is 0.331 e. The van der Waals surface area contributed by atoms with Crippen LogP contribution in [0.3, 0.4) is 0 Å². The van der Waals surface area contributed by atoms with E-state index in [-0.39, 0.29) is 18.0 Å². The van der Waals surface area contributed by atoms with E-state index in [9.17, 15) is 14.9 Å². The largest absolute Gasteiger partial charge is 0.354 e. The molecule has 0 spiro atoms. The summed E-state index contributed by atoms with van der Waals surface area (Å²) in [4.78, 5) is 27.7. The molecule has 0 amide bonds. The van der Waals surface area contributed by atoms with Crippen LogP contribution in [-0.4, -0.2) is 39.9 Å². The van der Waals surface area contributed by atoms with Gasteiger partial charge in [-0.25, -0.2) is 4.79 Å². The molecule has 9 heteroatoms. The number of nitrogens with zero attached hydrogens (tertiary/aromatic N) is 5. The van der Waals surface area contributed by atoms with Crippen LogP contribution >= 0.6 is 12.4 Å². The molecular formula is C20H23ClN6O2. The number of aromatic nitrogens is 3. The van der Waals surface area contributed by atoms with Crippen molar-refractivity contribution < 1.29 is 0 Å². The number of hydrogen-bond acceptors (Lipinski definition) is 5. The molecule has 4 rings (SSSR count). The van der Waals surface area contributed by atoms with Gasteiger partial charge in [0.05, 0.1) is 5.52 Å². The Morgan fingerprint density at radius 1 is 1.03 bits per heavy atom. The summed E-state index contributed by atoms with van der Waals surface area (Å²) in [5.41, 5.74) is 1.38. The predicted octanol–water partition coefficient (Wildman–Crippen LogP) is 0.790. The normalized spacial score (nSPS) is 13.9. The van der Waals surface area contributed by atoms with E-state index in [0.717, 1.165) is 36.3 Å². The molecule has 0 saturated carbocycles. The van der Waals surface area contributed by atoms with Crippen LogP contribution in [0, 0.1) is 11.3 Å². The standard InChI is InChI=1S/C20H22N6O2.ClH/c1-23-16-15(12-21)18(25-10-8-22-9-11-25)26(13-14-6-4-3-5-7-14)17(16)19(27)24(2)20(23)28;/h3-7,22H,8-11,13H2,1-2H3;1H. The maximum Gasteiger partial charge on any atom is 0.331 e. The number of rotatable bonds is 3. The van der Waals surface area contributed by atoms with Crippen molar-refractivity contribution in [2.45, 2.75) is 6.54 Å². The molecule has 0 aliphatic carbocycles. The molecule has 0 unspecified atom stereocenters. The number of fused-ring (bicyclic) bond motifs is 1. The van der Waals surface area contributed by atoms with Crippen LogP contribution in [0.25, 0.3) is 11.0 Å². The van der Waals surface area contributed by atoms with Crippen LogP contribution in [0.4, 0.5) is 5.82 Å². The second-order valence-corrected chi connectivity index (χ2v) is 7.02. The Kier molecular flexibility index (Phi) is 5.82. The molecule has 8 nitrogen and oxygen atoms in total. The molecule has 1 N–H and O–H groups in total. The fourth-order valence-corrected chi connectivity index (χ4v) is 3.93. The van der Waals surface area contributed by atoms with Crippen LogP contribution in [-0.2, 0) is 20.6 Å². The van der Waals surface area contributed by atoms with Crippen LogP contribution < -0.4 is 21.5 Å². The Labute approximate surface area is 174 Å². The first kappa shape index (κ1) is 20.7. The van der Waals surface area contributed by atoms with Crippen molar-refractivity contribution >= 4 is 29.3 Å². The summed E-state index contributed by atoms with van der Waals surface area (Å²) >= 11 is 0. The summed E-state index contributed by atoms with van der Waals surface area (Å²) in [6.07, 6.45) is 0. The first-order valence-electron chi connectivity index (χ1n) is 9.26. The second kappa shape index (κ2) is 8.15. The molecule has 1 aliphatic rings. The number of nitrogens with one attached hydrogen (secondary N) is 1. The summed E-state index contributed by atoms with van der Waals surface area (Å²) in [7, 11) is 3.08. The fraction of sp³-hybridized carbons (Fsp3) is 0.350. The lowest BCUT2D eigenvalue weighted by molar-refractivity contribution is 0.576. The van der Waals surface area contributed by atoms with Gasteiger partial charge >= 0.3 is 5.69 Å². The molecule has 3 heterocycles. The number of anilines is 1. The van der Waals surface area contributed by atoms with Gasteiger partial charge in [0.2, 0.25) is 0 Å². The molecule has 2 aromatic heterocycles. The summed E-state index contributed by atoms with van der Waals surface area (Å²) in [6, 6.07) is 12.1. The van der Waals surface area contributed by atoms with Gasteiger partial charge in [0.15, 0.2) is 0 Å². The highest BCUT2D eigenvalue weighted by Crippen LogP contribution is 2.31. The Balaban J connectivity index is 0.00000240. The van der Waals surface area contributed by atoms with Gasteiger partial charge in [-0.1, -0.05) is 30.3 Å². The minimum atomic E-state index is -0.433. The summed E-state index contributed by atoms with van der Waals surface area (Å²) in [5, 5.41) is 13.3. The molecule has 152 valence electrons. The zero-order valence-corrected chi connectivity index (χ0v) is 17.2. The molecule has 1 aliphatic heterocycles. The first-order valence-corrected chi connectivity index (χ1v) is 9.26. The van der Waals surface area contributed by atoms with Crippen molar-refractivity contribution in [3.8, 4) is 6.07 Å². The second-order valence-electron chi connectivity index (χ2n) is 7.02.